The van der Waals surface area contributed by atoms with Gasteiger partial charge in [0.15, 0.2) is 23.0 Å². The van der Waals surface area contributed by atoms with E-state index >= 15 is 0 Å². The Bertz CT molecular complexity index is 1860. The van der Waals surface area contributed by atoms with E-state index in [0.29, 0.717) is 55.1 Å². The van der Waals surface area contributed by atoms with Gasteiger partial charge in [-0.05, 0) is 56.7 Å². The number of aromatic nitrogens is 2. The van der Waals surface area contributed by atoms with Gasteiger partial charge < -0.3 is 34.2 Å². The second-order valence-corrected chi connectivity index (χ2v) is 11.8. The molecule has 0 fully saturated rings. The van der Waals surface area contributed by atoms with E-state index in [1.54, 1.807) is 39.1 Å². The number of fused-ring (bicyclic) bond motifs is 2. The molecule has 11 nitrogen and oxygen atoms in total. The quantitative estimate of drug-likeness (QED) is 0.126. The third kappa shape index (κ3) is 6.15. The highest BCUT2D eigenvalue weighted by atomic mass is 32.1. The van der Waals surface area contributed by atoms with Crippen LogP contribution in [0.5, 0.6) is 23.0 Å². The molecule has 0 atom stereocenters. The lowest BCUT2D eigenvalue weighted by Crippen LogP contribution is -2.15. The maximum Gasteiger partial charge on any atom is 0.338 e. The molecule has 0 radical (unpaired) electrons. The standard InChI is InChI=1S/C33H31N3O8S2/c1-4-18(32(37)39-5-2)13-21(34)22-15-20(33(38)40-6-3)16-24(36-22)23-14-19(7-8-35-23)29-27-28(44-12-11-43-27)31(46-29)30-26-25(17-45-30)41-9-10-42-26/h4,7-8,13-17H,5-6,9-12,34H2,1-3H3/b18-4+,21-13-. The molecule has 0 aliphatic carbocycles. The second kappa shape index (κ2) is 13.6. The number of allylic oxidation sites excluding steroid dienone is 1. The Morgan fingerprint density at radius 3 is 2.37 bits per heavy atom. The van der Waals surface area contributed by atoms with Crippen molar-refractivity contribution in [2.45, 2.75) is 20.8 Å². The average Bonchev–Trinajstić information content (AvgIpc) is 3.69. The van der Waals surface area contributed by atoms with Crippen molar-refractivity contribution in [2.75, 3.05) is 39.6 Å². The van der Waals surface area contributed by atoms with E-state index in [1.165, 1.54) is 34.8 Å². The normalized spacial score (nSPS) is 14.2. The van der Waals surface area contributed by atoms with E-state index in [9.17, 15) is 9.59 Å². The molecule has 0 aromatic carbocycles. The molecular weight excluding hydrogens is 631 g/mol. The van der Waals surface area contributed by atoms with Gasteiger partial charge in [0.2, 0.25) is 0 Å². The summed E-state index contributed by atoms with van der Waals surface area (Å²) >= 11 is 3.06. The first-order chi connectivity index (χ1) is 22.4. The van der Waals surface area contributed by atoms with Crippen molar-refractivity contribution >= 4 is 40.3 Å². The summed E-state index contributed by atoms with van der Waals surface area (Å²) in [5, 5.41) is 1.94. The summed E-state index contributed by atoms with van der Waals surface area (Å²) < 4.78 is 34.4. The lowest BCUT2D eigenvalue weighted by Gasteiger charge is -2.18. The molecule has 0 saturated carbocycles. The predicted octanol–water partition coefficient (Wildman–Crippen LogP) is 6.13. The summed E-state index contributed by atoms with van der Waals surface area (Å²) in [4.78, 5) is 37.2. The maximum atomic E-state index is 12.9. The second-order valence-electron chi connectivity index (χ2n) is 9.91. The summed E-state index contributed by atoms with van der Waals surface area (Å²) in [5.41, 5.74) is 9.04. The van der Waals surface area contributed by atoms with Crippen molar-refractivity contribution in [3.05, 3.63) is 64.8 Å². The average molecular weight is 662 g/mol. The van der Waals surface area contributed by atoms with Gasteiger partial charge >= 0.3 is 11.9 Å². The van der Waals surface area contributed by atoms with E-state index in [0.717, 1.165) is 25.9 Å². The SMILES string of the molecule is C/C=C(\C=C(/N)c1cc(C(=O)OCC)cc(-c2cc(-c3sc(-c4scc5c4OCCO5)c4c3OCCO4)ccn2)n1)C(=O)OCC. The number of nitrogens with two attached hydrogens (primary N) is 1. The van der Waals surface area contributed by atoms with Crippen LogP contribution in [0, 0.1) is 0 Å². The number of hydrogen-bond acceptors (Lipinski definition) is 13. The largest absolute Gasteiger partial charge is 0.485 e. The van der Waals surface area contributed by atoms with Crippen molar-refractivity contribution in [1.82, 2.24) is 9.97 Å². The van der Waals surface area contributed by atoms with Gasteiger partial charge in [-0.25, -0.2) is 14.6 Å². The number of pyridine rings is 2. The molecule has 46 heavy (non-hydrogen) atoms. The molecule has 2 aliphatic heterocycles. The zero-order valence-corrected chi connectivity index (χ0v) is 27.0. The number of ether oxygens (including phenoxy) is 6. The van der Waals surface area contributed by atoms with Crippen LogP contribution in [0.1, 0.15) is 36.8 Å². The van der Waals surface area contributed by atoms with E-state index in [-0.39, 0.29) is 35.7 Å². The minimum absolute atomic E-state index is 0.165. The number of rotatable bonds is 9. The summed E-state index contributed by atoms with van der Waals surface area (Å²) in [6, 6.07) is 6.88. The van der Waals surface area contributed by atoms with Crippen LogP contribution in [0.2, 0.25) is 0 Å². The lowest BCUT2D eigenvalue weighted by molar-refractivity contribution is -0.138. The molecule has 0 unspecified atom stereocenters. The number of carbonyl (C=O) groups excluding carboxylic acids is 2. The number of hydrogen-bond donors (Lipinski definition) is 1. The van der Waals surface area contributed by atoms with Gasteiger partial charge in [0.1, 0.15) is 26.4 Å². The Kier molecular flexibility index (Phi) is 9.22. The first-order valence-electron chi connectivity index (χ1n) is 14.7. The molecule has 0 amide bonds. The van der Waals surface area contributed by atoms with Crippen LogP contribution in [0.3, 0.4) is 0 Å². The highest BCUT2D eigenvalue weighted by molar-refractivity contribution is 7.24. The van der Waals surface area contributed by atoms with Crippen molar-refractivity contribution in [3.8, 4) is 54.6 Å². The van der Waals surface area contributed by atoms with Crippen LogP contribution >= 0.6 is 22.7 Å². The van der Waals surface area contributed by atoms with Crippen LogP contribution < -0.4 is 24.7 Å². The fourth-order valence-electron chi connectivity index (χ4n) is 4.88. The van der Waals surface area contributed by atoms with Gasteiger partial charge in [-0.3, -0.25) is 4.98 Å². The van der Waals surface area contributed by atoms with Crippen molar-refractivity contribution in [2.24, 2.45) is 5.73 Å². The lowest BCUT2D eigenvalue weighted by atomic mass is 10.1. The molecule has 2 aliphatic rings. The van der Waals surface area contributed by atoms with Crippen LogP contribution in [0.4, 0.5) is 0 Å². The van der Waals surface area contributed by atoms with Crippen molar-refractivity contribution in [1.29, 1.82) is 0 Å². The number of nitrogens with zero attached hydrogens (tertiary/aromatic N) is 2. The molecular formula is C33H31N3O8S2. The zero-order chi connectivity index (χ0) is 32.2. The topological polar surface area (TPSA) is 141 Å². The van der Waals surface area contributed by atoms with Gasteiger partial charge in [-0.15, -0.1) is 22.7 Å². The minimum atomic E-state index is -0.541. The Morgan fingerprint density at radius 2 is 1.63 bits per heavy atom. The Morgan fingerprint density at radius 1 is 0.913 bits per heavy atom. The van der Waals surface area contributed by atoms with Gasteiger partial charge in [-0.1, -0.05) is 6.08 Å². The van der Waals surface area contributed by atoms with E-state index in [1.807, 2.05) is 17.5 Å². The van der Waals surface area contributed by atoms with E-state index < -0.39 is 11.9 Å². The van der Waals surface area contributed by atoms with Crippen molar-refractivity contribution < 1.29 is 38.0 Å². The predicted molar refractivity (Wildman–Crippen MR) is 175 cm³/mol. The zero-order valence-electron chi connectivity index (χ0n) is 25.4. The molecule has 4 aromatic rings. The smallest absolute Gasteiger partial charge is 0.338 e. The Balaban J connectivity index is 1.43. The fourth-order valence-corrected chi connectivity index (χ4v) is 7.14. The van der Waals surface area contributed by atoms with Gasteiger partial charge in [0, 0.05) is 11.6 Å². The minimum Gasteiger partial charge on any atom is -0.485 e. The van der Waals surface area contributed by atoms with Crippen molar-refractivity contribution in [3.63, 3.8) is 0 Å². The van der Waals surface area contributed by atoms with Crippen LogP contribution in [-0.2, 0) is 14.3 Å². The number of esters is 2. The van der Waals surface area contributed by atoms with Crippen LogP contribution in [-0.4, -0.2) is 61.5 Å². The molecule has 6 heterocycles. The van der Waals surface area contributed by atoms with Gasteiger partial charge in [0.05, 0.1) is 61.8 Å². The summed E-state index contributed by atoms with van der Waals surface area (Å²) in [6.07, 6.45) is 4.73. The first-order valence-corrected chi connectivity index (χ1v) is 16.4. The maximum absolute atomic E-state index is 12.9. The molecule has 6 rings (SSSR count). The Hall–Kier alpha value is -4.88. The van der Waals surface area contributed by atoms with Gasteiger partial charge in [0.25, 0.3) is 0 Å². The molecule has 0 bridgehead atoms. The number of carbonyl (C=O) groups is 2. The molecule has 0 spiro atoms. The summed E-state index contributed by atoms with van der Waals surface area (Å²) in [6.45, 7) is 7.38. The highest BCUT2D eigenvalue weighted by Gasteiger charge is 2.31. The summed E-state index contributed by atoms with van der Waals surface area (Å²) in [5.74, 6) is 1.67. The highest BCUT2D eigenvalue weighted by Crippen LogP contribution is 2.58. The molecule has 0 saturated heterocycles. The third-order valence-corrected chi connectivity index (χ3v) is 9.26. The number of thiophene rings is 2. The van der Waals surface area contributed by atoms with E-state index in [4.69, 9.17) is 39.1 Å². The van der Waals surface area contributed by atoms with Gasteiger partial charge in [-0.2, -0.15) is 0 Å². The summed E-state index contributed by atoms with van der Waals surface area (Å²) in [7, 11) is 0. The fraction of sp³-hybridized carbons (Fsp3) is 0.273. The first kappa shape index (κ1) is 31.1. The van der Waals surface area contributed by atoms with Crippen LogP contribution in [0.15, 0.2) is 53.6 Å². The van der Waals surface area contributed by atoms with E-state index in [2.05, 4.69) is 4.98 Å². The molecule has 13 heteroatoms. The monoisotopic (exact) mass is 661 g/mol. The molecule has 4 aromatic heterocycles. The molecule has 2 N–H and O–H groups in total. The third-order valence-electron chi connectivity index (χ3n) is 6.96. The molecule has 238 valence electrons. The Labute approximate surface area is 273 Å². The van der Waals surface area contributed by atoms with Crippen LogP contribution in [0.25, 0.3) is 37.3 Å².